The molecule has 1 heterocycles. The zero-order chi connectivity index (χ0) is 14.5. The topological polar surface area (TPSA) is 123 Å². The van der Waals surface area contributed by atoms with Crippen molar-refractivity contribution < 1.29 is 4.79 Å². The molecule has 1 amide bonds. The van der Waals surface area contributed by atoms with Gasteiger partial charge in [-0.15, -0.1) is 0 Å². The van der Waals surface area contributed by atoms with Crippen molar-refractivity contribution in [3.05, 3.63) is 11.4 Å². The summed E-state index contributed by atoms with van der Waals surface area (Å²) in [4.78, 5) is 13.8. The Kier molecular flexibility index (Phi) is 4.21. The van der Waals surface area contributed by atoms with Gasteiger partial charge in [0, 0.05) is 19.0 Å². The van der Waals surface area contributed by atoms with E-state index in [0.29, 0.717) is 11.6 Å². The van der Waals surface area contributed by atoms with Crippen molar-refractivity contribution in [2.45, 2.75) is 31.6 Å². The van der Waals surface area contributed by atoms with Crippen molar-refractivity contribution in [2.24, 2.45) is 0 Å². The van der Waals surface area contributed by atoms with Gasteiger partial charge in [0.05, 0.1) is 36.4 Å². The Balaban J connectivity index is 2.13. The van der Waals surface area contributed by atoms with Crippen molar-refractivity contribution in [2.75, 3.05) is 18.8 Å². The molecule has 1 aromatic heterocycles. The molecule has 0 atom stereocenters. The third kappa shape index (κ3) is 2.89. The zero-order valence-electron chi connectivity index (χ0n) is 11.1. The number of aromatic amines is 1. The van der Waals surface area contributed by atoms with Crippen LogP contribution in [0.3, 0.4) is 0 Å². The lowest BCUT2D eigenvalue weighted by Gasteiger charge is -2.19. The number of nitriles is 2. The highest BCUT2D eigenvalue weighted by Gasteiger charge is 2.31. The summed E-state index contributed by atoms with van der Waals surface area (Å²) in [5.74, 6) is 0.0619. The Labute approximate surface area is 117 Å². The van der Waals surface area contributed by atoms with Crippen molar-refractivity contribution in [1.82, 2.24) is 15.1 Å². The molecule has 0 unspecified atom stereocenters. The smallest absolute Gasteiger partial charge is 0.276 e. The predicted molar refractivity (Wildman–Crippen MR) is 71.3 cm³/mol. The zero-order valence-corrected chi connectivity index (χ0v) is 11.1. The van der Waals surface area contributed by atoms with Gasteiger partial charge in [0.15, 0.2) is 5.69 Å². The number of hydrogen-bond acceptors (Lipinski definition) is 5. The largest absolute Gasteiger partial charge is 0.395 e. The first-order valence-corrected chi connectivity index (χ1v) is 6.56. The van der Waals surface area contributed by atoms with E-state index >= 15 is 0 Å². The summed E-state index contributed by atoms with van der Waals surface area (Å²) in [7, 11) is 0. The van der Waals surface area contributed by atoms with E-state index < -0.39 is 0 Å². The molecule has 0 radical (unpaired) electrons. The molecule has 0 spiro atoms. The molecule has 3 N–H and O–H groups in total. The molecule has 1 saturated carbocycles. The van der Waals surface area contributed by atoms with Crippen molar-refractivity contribution in [3.8, 4) is 12.1 Å². The van der Waals surface area contributed by atoms with E-state index in [0.717, 1.165) is 18.5 Å². The van der Waals surface area contributed by atoms with Crippen LogP contribution in [0.5, 0.6) is 0 Å². The molecule has 0 aromatic carbocycles. The fourth-order valence-corrected chi connectivity index (χ4v) is 2.04. The molecule has 1 fully saturated rings. The van der Waals surface area contributed by atoms with Crippen LogP contribution in [0.25, 0.3) is 0 Å². The third-order valence-electron chi connectivity index (χ3n) is 3.30. The van der Waals surface area contributed by atoms with Crippen LogP contribution in [0.15, 0.2) is 0 Å². The molecule has 7 heteroatoms. The minimum atomic E-state index is -0.323. The Hall–Kier alpha value is -2.54. The van der Waals surface area contributed by atoms with Gasteiger partial charge in [-0.1, -0.05) is 0 Å². The molecule has 1 aliphatic carbocycles. The number of hydrogen-bond donors (Lipinski definition) is 2. The highest BCUT2D eigenvalue weighted by molar-refractivity contribution is 5.97. The fraction of sp³-hybridized carbons (Fsp3) is 0.538. The van der Waals surface area contributed by atoms with E-state index in [1.807, 2.05) is 12.1 Å². The van der Waals surface area contributed by atoms with E-state index in [2.05, 4.69) is 10.2 Å². The second kappa shape index (κ2) is 6.07. The molecule has 20 heavy (non-hydrogen) atoms. The summed E-state index contributed by atoms with van der Waals surface area (Å²) in [5, 5.41) is 24.1. The maximum Gasteiger partial charge on any atom is 0.276 e. The van der Waals surface area contributed by atoms with Crippen molar-refractivity contribution >= 4 is 11.6 Å². The SMILES string of the molecule is N#CCCN(CCC#N)C(=O)c1n[nH]c(C2CC2)c1N. The van der Waals surface area contributed by atoms with Crippen LogP contribution >= 0.6 is 0 Å². The molecular formula is C13H16N6O. The van der Waals surface area contributed by atoms with Crippen LogP contribution in [0.1, 0.15) is 47.8 Å². The average Bonchev–Trinajstić information content (AvgIpc) is 3.21. The standard InChI is InChI=1S/C13H16N6O/c14-5-1-7-19(8-2-6-15)13(20)12-10(16)11(17-18-12)9-3-4-9/h9H,1-4,7-8,16H2,(H,17,18). The van der Waals surface area contributed by atoms with E-state index in [1.165, 1.54) is 4.90 Å². The van der Waals surface area contributed by atoms with Crippen LogP contribution in [-0.4, -0.2) is 34.1 Å². The average molecular weight is 272 g/mol. The molecule has 0 aliphatic heterocycles. The van der Waals surface area contributed by atoms with Crippen LogP contribution in [0.2, 0.25) is 0 Å². The first-order valence-electron chi connectivity index (χ1n) is 6.56. The second-order valence-corrected chi connectivity index (χ2v) is 4.78. The van der Waals surface area contributed by atoms with Gasteiger partial charge in [-0.05, 0) is 12.8 Å². The van der Waals surface area contributed by atoms with Crippen molar-refractivity contribution in [3.63, 3.8) is 0 Å². The number of H-pyrrole nitrogens is 1. The van der Waals surface area contributed by atoms with Crippen molar-refractivity contribution in [1.29, 1.82) is 10.5 Å². The molecule has 1 aliphatic rings. The number of nitrogens with two attached hydrogens (primary N) is 1. The van der Waals surface area contributed by atoms with Gasteiger partial charge < -0.3 is 10.6 Å². The molecule has 7 nitrogen and oxygen atoms in total. The lowest BCUT2D eigenvalue weighted by molar-refractivity contribution is 0.0757. The number of aromatic nitrogens is 2. The monoisotopic (exact) mass is 272 g/mol. The van der Waals surface area contributed by atoms with Gasteiger partial charge in [-0.2, -0.15) is 15.6 Å². The predicted octanol–water partition coefficient (Wildman–Crippen LogP) is 1.14. The lowest BCUT2D eigenvalue weighted by atomic mass is 10.2. The number of carbonyl (C=O) groups excluding carboxylic acids is 1. The van der Waals surface area contributed by atoms with Crippen LogP contribution in [-0.2, 0) is 0 Å². The Morgan fingerprint density at radius 2 is 1.95 bits per heavy atom. The molecule has 104 valence electrons. The van der Waals surface area contributed by atoms with Gasteiger partial charge in [0.25, 0.3) is 5.91 Å². The first-order chi connectivity index (χ1) is 9.69. The summed E-state index contributed by atoms with van der Waals surface area (Å²) >= 11 is 0. The maximum atomic E-state index is 12.4. The molecule has 0 saturated heterocycles. The van der Waals surface area contributed by atoms with Gasteiger partial charge >= 0.3 is 0 Å². The highest BCUT2D eigenvalue weighted by atomic mass is 16.2. The number of carbonyl (C=O) groups is 1. The second-order valence-electron chi connectivity index (χ2n) is 4.78. The normalized spacial score (nSPS) is 13.5. The van der Waals surface area contributed by atoms with E-state index in [4.69, 9.17) is 16.3 Å². The minimum Gasteiger partial charge on any atom is -0.395 e. The highest BCUT2D eigenvalue weighted by Crippen LogP contribution is 2.42. The number of nitrogen functional groups attached to an aromatic ring is 1. The number of rotatable bonds is 6. The first kappa shape index (κ1) is 13.9. The van der Waals surface area contributed by atoms with Crippen LogP contribution in [0.4, 0.5) is 5.69 Å². The summed E-state index contributed by atoms with van der Waals surface area (Å²) < 4.78 is 0. The van der Waals surface area contributed by atoms with E-state index in [9.17, 15) is 4.79 Å². The Morgan fingerprint density at radius 1 is 1.35 bits per heavy atom. The summed E-state index contributed by atoms with van der Waals surface area (Å²) in [6.45, 7) is 0.560. The molecule has 0 bridgehead atoms. The number of nitrogens with one attached hydrogen (secondary N) is 1. The number of amides is 1. The Morgan fingerprint density at radius 3 is 2.45 bits per heavy atom. The van der Waals surface area contributed by atoms with E-state index in [-0.39, 0.29) is 37.5 Å². The maximum absolute atomic E-state index is 12.4. The molecule has 1 aromatic rings. The van der Waals surface area contributed by atoms with Gasteiger partial charge in [-0.25, -0.2) is 0 Å². The summed E-state index contributed by atoms with van der Waals surface area (Å²) in [5.41, 5.74) is 7.39. The van der Waals surface area contributed by atoms with Gasteiger partial charge in [0.2, 0.25) is 0 Å². The van der Waals surface area contributed by atoms with E-state index in [1.54, 1.807) is 0 Å². The summed E-state index contributed by atoms with van der Waals surface area (Å²) in [6.07, 6.45) is 2.56. The number of anilines is 1. The molecule has 2 rings (SSSR count). The number of nitrogens with zero attached hydrogens (tertiary/aromatic N) is 4. The lowest BCUT2D eigenvalue weighted by Crippen LogP contribution is -2.33. The van der Waals surface area contributed by atoms with Gasteiger partial charge in [-0.3, -0.25) is 9.89 Å². The van der Waals surface area contributed by atoms with Gasteiger partial charge in [0.1, 0.15) is 0 Å². The van der Waals surface area contributed by atoms with Crippen LogP contribution < -0.4 is 5.73 Å². The molecular weight excluding hydrogens is 256 g/mol. The quantitative estimate of drug-likeness (QED) is 0.803. The minimum absolute atomic E-state index is 0.197. The third-order valence-corrected chi connectivity index (χ3v) is 3.30. The Bertz CT molecular complexity index is 557. The fourth-order valence-electron chi connectivity index (χ4n) is 2.04. The van der Waals surface area contributed by atoms with Crippen LogP contribution in [0, 0.1) is 22.7 Å². The summed E-state index contributed by atoms with van der Waals surface area (Å²) in [6, 6.07) is 3.99.